The van der Waals surface area contributed by atoms with E-state index >= 15 is 0 Å². The van der Waals surface area contributed by atoms with E-state index < -0.39 is 0 Å². The highest BCUT2D eigenvalue weighted by molar-refractivity contribution is 5.38. The largest absolute Gasteiger partial charge is 0.504 e. The van der Waals surface area contributed by atoms with Gasteiger partial charge in [-0.25, -0.2) is 0 Å². The molecular formula is C14H26N2O. The first-order valence-corrected chi connectivity index (χ1v) is 6.52. The summed E-state index contributed by atoms with van der Waals surface area (Å²) in [4.78, 5) is 0. The van der Waals surface area contributed by atoms with Crippen molar-refractivity contribution in [1.29, 1.82) is 0 Å². The van der Waals surface area contributed by atoms with Crippen LogP contribution in [0, 0.1) is 0 Å². The van der Waals surface area contributed by atoms with Crippen molar-refractivity contribution in [3.05, 3.63) is 11.4 Å². The van der Waals surface area contributed by atoms with Crippen LogP contribution in [0.15, 0.2) is 0 Å². The third kappa shape index (κ3) is 2.64. The van der Waals surface area contributed by atoms with Crippen molar-refractivity contribution >= 4 is 0 Å². The minimum Gasteiger partial charge on any atom is -0.504 e. The van der Waals surface area contributed by atoms with Gasteiger partial charge in [-0.15, -0.1) is 0 Å². The lowest BCUT2D eigenvalue weighted by molar-refractivity contribution is 0.392. The van der Waals surface area contributed by atoms with E-state index in [1.54, 1.807) is 0 Å². The molecule has 0 aliphatic rings. The van der Waals surface area contributed by atoms with Gasteiger partial charge in [0.1, 0.15) is 5.69 Å². The fourth-order valence-corrected chi connectivity index (χ4v) is 2.02. The molecule has 0 radical (unpaired) electrons. The van der Waals surface area contributed by atoms with E-state index in [2.05, 4.69) is 53.6 Å². The highest BCUT2D eigenvalue weighted by atomic mass is 16.3. The highest BCUT2D eigenvalue weighted by Crippen LogP contribution is 2.38. The van der Waals surface area contributed by atoms with Gasteiger partial charge in [0.15, 0.2) is 5.75 Å². The fourth-order valence-electron chi connectivity index (χ4n) is 2.02. The molecule has 1 N–H and O–H groups in total. The van der Waals surface area contributed by atoms with E-state index in [0.717, 1.165) is 17.8 Å². The van der Waals surface area contributed by atoms with Crippen LogP contribution in [0.25, 0.3) is 0 Å². The number of nitrogens with zero attached hydrogens (tertiary/aromatic N) is 2. The van der Waals surface area contributed by atoms with Crippen LogP contribution in [0.1, 0.15) is 78.2 Å². The predicted octanol–water partition coefficient (Wildman–Crippen LogP) is 3.98. The van der Waals surface area contributed by atoms with Crippen molar-refractivity contribution in [1.82, 2.24) is 9.78 Å². The van der Waals surface area contributed by atoms with Gasteiger partial charge in [0.25, 0.3) is 0 Å². The lowest BCUT2D eigenvalue weighted by Gasteiger charge is -2.23. The predicted molar refractivity (Wildman–Crippen MR) is 71.7 cm³/mol. The van der Waals surface area contributed by atoms with E-state index in [0.29, 0.717) is 11.8 Å². The molecule has 0 fully saturated rings. The molecule has 98 valence electrons. The molecule has 1 rings (SSSR count). The molecule has 3 nitrogen and oxygen atoms in total. The van der Waals surface area contributed by atoms with Crippen LogP contribution in [-0.4, -0.2) is 14.9 Å². The summed E-state index contributed by atoms with van der Waals surface area (Å²) in [6.45, 7) is 14.8. The van der Waals surface area contributed by atoms with Crippen molar-refractivity contribution in [2.24, 2.45) is 0 Å². The van der Waals surface area contributed by atoms with Crippen molar-refractivity contribution in [3.63, 3.8) is 0 Å². The molecule has 0 saturated carbocycles. The number of aromatic nitrogens is 2. The second kappa shape index (κ2) is 4.71. The maximum atomic E-state index is 10.4. The Morgan fingerprint density at radius 2 is 1.76 bits per heavy atom. The molecular weight excluding hydrogens is 212 g/mol. The van der Waals surface area contributed by atoms with Gasteiger partial charge in [-0.05, 0) is 13.3 Å². The van der Waals surface area contributed by atoms with Crippen molar-refractivity contribution in [2.75, 3.05) is 0 Å². The number of rotatable bonds is 3. The second-order valence-electron chi connectivity index (χ2n) is 6.19. The molecule has 3 heteroatoms. The first-order valence-electron chi connectivity index (χ1n) is 6.52. The Labute approximate surface area is 105 Å². The Balaban J connectivity index is 3.43. The summed E-state index contributed by atoms with van der Waals surface area (Å²) >= 11 is 0. The summed E-state index contributed by atoms with van der Waals surface area (Å²) in [6, 6.07) is 0.322. The zero-order valence-electron chi connectivity index (χ0n) is 12.2. The summed E-state index contributed by atoms with van der Waals surface area (Å²) in [7, 11) is 0. The first kappa shape index (κ1) is 14.1. The Morgan fingerprint density at radius 1 is 1.24 bits per heavy atom. The van der Waals surface area contributed by atoms with Crippen LogP contribution in [-0.2, 0) is 5.41 Å². The maximum absolute atomic E-state index is 10.4. The Morgan fingerprint density at radius 3 is 2.12 bits per heavy atom. The lowest BCUT2D eigenvalue weighted by Crippen LogP contribution is -2.20. The monoisotopic (exact) mass is 238 g/mol. The normalized spacial score (nSPS) is 14.4. The number of hydrogen-bond acceptors (Lipinski definition) is 2. The van der Waals surface area contributed by atoms with E-state index in [1.807, 2.05) is 4.68 Å². The van der Waals surface area contributed by atoms with E-state index in [4.69, 9.17) is 0 Å². The molecule has 17 heavy (non-hydrogen) atoms. The van der Waals surface area contributed by atoms with Crippen LogP contribution >= 0.6 is 0 Å². The quantitative estimate of drug-likeness (QED) is 0.865. The van der Waals surface area contributed by atoms with Crippen LogP contribution < -0.4 is 0 Å². The molecule has 1 heterocycles. The van der Waals surface area contributed by atoms with Gasteiger partial charge in [-0.2, -0.15) is 5.10 Å². The third-order valence-corrected chi connectivity index (χ3v) is 3.18. The Kier molecular flexibility index (Phi) is 3.90. The molecule has 0 amide bonds. The molecule has 1 unspecified atom stereocenters. The van der Waals surface area contributed by atoms with Crippen LogP contribution in [0.2, 0.25) is 0 Å². The second-order valence-corrected chi connectivity index (χ2v) is 6.19. The molecule has 1 aromatic heterocycles. The summed E-state index contributed by atoms with van der Waals surface area (Å²) in [6.07, 6.45) is 1.02. The summed E-state index contributed by atoms with van der Waals surface area (Å²) in [5, 5.41) is 15.0. The molecule has 1 atom stereocenters. The van der Waals surface area contributed by atoms with Crippen LogP contribution in [0.4, 0.5) is 0 Å². The summed E-state index contributed by atoms with van der Waals surface area (Å²) < 4.78 is 2.00. The first-order chi connectivity index (χ1) is 7.70. The van der Waals surface area contributed by atoms with Gasteiger partial charge in [-0.1, -0.05) is 41.5 Å². The highest BCUT2D eigenvalue weighted by Gasteiger charge is 2.29. The molecule has 0 saturated heterocycles. The smallest absolute Gasteiger partial charge is 0.160 e. The minimum atomic E-state index is -0.0896. The fraction of sp³-hybridized carbons (Fsp3) is 0.786. The van der Waals surface area contributed by atoms with Crippen molar-refractivity contribution in [3.8, 4) is 5.75 Å². The number of aromatic hydroxyl groups is 1. The summed E-state index contributed by atoms with van der Waals surface area (Å²) in [5.74, 6) is 0.634. The standard InChI is InChI=1S/C14H26N2O/c1-8-10(4)16-13(14(5,6)7)12(17)11(15-16)9(2)3/h9-10,17H,8H2,1-7H3. The van der Waals surface area contributed by atoms with Gasteiger partial charge in [0.2, 0.25) is 0 Å². The van der Waals surface area contributed by atoms with E-state index in [-0.39, 0.29) is 11.3 Å². The van der Waals surface area contributed by atoms with Gasteiger partial charge < -0.3 is 5.11 Å². The Bertz CT molecular complexity index is 386. The molecule has 0 aliphatic carbocycles. The molecule has 1 aromatic rings. The SMILES string of the molecule is CCC(C)n1nc(C(C)C)c(O)c1C(C)(C)C. The van der Waals surface area contributed by atoms with Crippen molar-refractivity contribution < 1.29 is 5.11 Å². The molecule has 0 bridgehead atoms. The zero-order valence-corrected chi connectivity index (χ0v) is 12.2. The van der Waals surface area contributed by atoms with Gasteiger partial charge >= 0.3 is 0 Å². The molecule has 0 aromatic carbocycles. The van der Waals surface area contributed by atoms with Gasteiger partial charge in [0.05, 0.1) is 5.69 Å². The molecule has 0 spiro atoms. The topological polar surface area (TPSA) is 38.0 Å². The minimum absolute atomic E-state index is 0.0896. The van der Waals surface area contributed by atoms with Gasteiger partial charge in [0, 0.05) is 17.4 Å². The van der Waals surface area contributed by atoms with E-state index in [1.165, 1.54) is 0 Å². The summed E-state index contributed by atoms with van der Waals surface area (Å²) in [5.41, 5.74) is 1.68. The van der Waals surface area contributed by atoms with Crippen LogP contribution in [0.3, 0.4) is 0 Å². The average Bonchev–Trinajstić information content (AvgIpc) is 2.54. The average molecular weight is 238 g/mol. The zero-order chi connectivity index (χ0) is 13.4. The molecule has 0 aliphatic heterocycles. The van der Waals surface area contributed by atoms with E-state index in [9.17, 15) is 5.11 Å². The lowest BCUT2D eigenvalue weighted by atomic mass is 9.90. The third-order valence-electron chi connectivity index (χ3n) is 3.18. The van der Waals surface area contributed by atoms with Crippen LogP contribution in [0.5, 0.6) is 5.75 Å². The number of hydrogen-bond donors (Lipinski definition) is 1. The Hall–Kier alpha value is -0.990. The van der Waals surface area contributed by atoms with Gasteiger partial charge in [-0.3, -0.25) is 4.68 Å². The van der Waals surface area contributed by atoms with Crippen molar-refractivity contribution in [2.45, 2.75) is 72.3 Å². The maximum Gasteiger partial charge on any atom is 0.160 e.